The largest absolute Gasteiger partial charge is 0.449 e. The highest BCUT2D eigenvalue weighted by atomic mass is 32.2. The molecule has 0 fully saturated rings. The molecular formula is C65H88N8O12S. The number of Topliss-reactive ketones (excluding diaryl/α,β-unsaturated/α-hetero) is 1. The van der Waals surface area contributed by atoms with Crippen LogP contribution in [-0.2, 0) is 48.9 Å². The molecule has 0 spiro atoms. The number of ether oxygens (including phenoxy) is 2. The van der Waals surface area contributed by atoms with E-state index in [1.54, 1.807) is 55.4 Å². The van der Waals surface area contributed by atoms with Gasteiger partial charge in [-0.3, -0.25) is 28.9 Å². The van der Waals surface area contributed by atoms with E-state index in [9.17, 15) is 46.8 Å². The molecule has 5 atom stereocenters. The van der Waals surface area contributed by atoms with Crippen LogP contribution >= 0.6 is 0 Å². The summed E-state index contributed by atoms with van der Waals surface area (Å²) in [7, 11) is -1.51. The van der Waals surface area contributed by atoms with E-state index in [0.717, 1.165) is 27.8 Å². The summed E-state index contributed by atoms with van der Waals surface area (Å²) in [4.78, 5) is 112. The number of hydrogen-bond donors (Lipinski definition) is 6. The van der Waals surface area contributed by atoms with Crippen molar-refractivity contribution in [2.75, 3.05) is 32.6 Å². The molecule has 4 aromatic rings. The van der Waals surface area contributed by atoms with E-state index in [1.807, 2.05) is 107 Å². The maximum Gasteiger partial charge on any atom is 0.410 e. The van der Waals surface area contributed by atoms with Gasteiger partial charge in [0.25, 0.3) is 15.9 Å². The van der Waals surface area contributed by atoms with Crippen LogP contribution in [0, 0.1) is 23.2 Å². The number of sulfonamides is 1. The van der Waals surface area contributed by atoms with Crippen LogP contribution in [0.4, 0.5) is 20.1 Å². The van der Waals surface area contributed by atoms with Crippen LogP contribution in [0.15, 0.2) is 120 Å². The molecule has 466 valence electrons. The second-order valence-electron chi connectivity index (χ2n) is 25.4. The lowest BCUT2D eigenvalue weighted by molar-refractivity contribution is -0.141. The molecule has 0 aromatic heterocycles. The van der Waals surface area contributed by atoms with Crippen molar-refractivity contribution in [2.45, 2.75) is 155 Å². The van der Waals surface area contributed by atoms with Crippen LogP contribution in [0.1, 0.15) is 132 Å². The molecular weight excluding hydrogens is 1120 g/mol. The standard InChI is InChI=1S/C65H88N8O12S/c1-39(2)51(72(14)59(78)54(63(6,7)8)70-58(77)55(73(15)62(81)85-64(9,10)11)65(12,13)43-25-17-16-18-26-43)36-41(5)56(75)71-86(82,83)45-33-31-44(32-34-45)68-57(76)42(24-23-35-67-60(66)79)37-52(74)53(40(3)4)69-61(80)84-38-50-48-29-21-19-27-46(48)47-28-20-22-30-49(47)50/h16-22,25-34,36,39-40,42,50-51,53-55H,23-24,35,37-38H2,1-15H3,(H,68,76)(H,69,80)(H,70,77)(H,71,75)(H3,66,67,79)/b41-36+/t42-,51-,53+,54-,55-/m1/s1. The summed E-state index contributed by atoms with van der Waals surface area (Å²) in [5, 5.41) is 10.9. The van der Waals surface area contributed by atoms with Gasteiger partial charge >= 0.3 is 18.2 Å². The Bertz CT molecular complexity index is 3200. The summed E-state index contributed by atoms with van der Waals surface area (Å²) in [6.45, 7) is 22.9. The van der Waals surface area contributed by atoms with Crippen LogP contribution < -0.4 is 31.7 Å². The highest BCUT2D eigenvalue weighted by Gasteiger charge is 2.46. The van der Waals surface area contributed by atoms with Crippen molar-refractivity contribution >= 4 is 63.3 Å². The van der Waals surface area contributed by atoms with Crippen molar-refractivity contribution in [1.82, 2.24) is 30.5 Å². The predicted octanol–water partition coefficient (Wildman–Crippen LogP) is 9.19. The normalized spacial score (nSPS) is 14.5. The van der Waals surface area contributed by atoms with Crippen LogP contribution in [0.2, 0.25) is 0 Å². The number of likely N-dealkylation sites (N-methyl/N-ethyl adjacent to an activating group) is 2. The first-order valence-corrected chi connectivity index (χ1v) is 30.5. The van der Waals surface area contributed by atoms with E-state index >= 15 is 0 Å². The van der Waals surface area contributed by atoms with Crippen molar-refractivity contribution in [2.24, 2.45) is 28.9 Å². The molecule has 20 nitrogen and oxygen atoms in total. The maximum absolute atomic E-state index is 14.7. The Morgan fingerprint density at radius 3 is 1.79 bits per heavy atom. The number of carbonyl (C=O) groups excluding carboxylic acids is 8. The Hall–Kier alpha value is -8.07. The van der Waals surface area contributed by atoms with Crippen molar-refractivity contribution in [3.05, 3.63) is 131 Å². The monoisotopic (exact) mass is 1200 g/mol. The van der Waals surface area contributed by atoms with Crippen LogP contribution in [-0.4, -0.2) is 123 Å². The number of benzene rings is 4. The number of carbonyl (C=O) groups is 8. The molecule has 4 aromatic carbocycles. The quantitative estimate of drug-likeness (QED) is 0.0268. The van der Waals surface area contributed by atoms with Crippen molar-refractivity contribution in [3.63, 3.8) is 0 Å². The number of hydrogen-bond acceptors (Lipinski definition) is 12. The van der Waals surface area contributed by atoms with E-state index < -0.39 is 110 Å². The van der Waals surface area contributed by atoms with Crippen molar-refractivity contribution in [1.29, 1.82) is 0 Å². The number of rotatable bonds is 25. The Balaban J connectivity index is 1.27. The fourth-order valence-electron chi connectivity index (χ4n) is 10.6. The minimum Gasteiger partial charge on any atom is -0.449 e. The molecule has 0 aliphatic heterocycles. The molecule has 0 unspecified atom stereocenters. The second-order valence-corrected chi connectivity index (χ2v) is 27.0. The van der Waals surface area contributed by atoms with Gasteiger partial charge in [0, 0.05) is 55.6 Å². The van der Waals surface area contributed by atoms with Gasteiger partial charge in [-0.25, -0.2) is 27.5 Å². The van der Waals surface area contributed by atoms with Gasteiger partial charge in [-0.1, -0.05) is 147 Å². The zero-order chi connectivity index (χ0) is 64.2. The minimum absolute atomic E-state index is 0.0279. The average Bonchev–Trinajstić information content (AvgIpc) is 1.55. The number of primary amides is 1. The van der Waals surface area contributed by atoms with E-state index in [0.29, 0.717) is 0 Å². The first kappa shape index (κ1) is 68.7. The number of alkyl carbamates (subject to hydrolysis) is 1. The molecule has 21 heteroatoms. The summed E-state index contributed by atoms with van der Waals surface area (Å²) in [6.07, 6.45) is 0.0311. The molecule has 86 heavy (non-hydrogen) atoms. The Labute approximate surface area is 507 Å². The highest BCUT2D eigenvalue weighted by molar-refractivity contribution is 7.90. The molecule has 5 rings (SSSR count). The summed E-state index contributed by atoms with van der Waals surface area (Å²) < 4.78 is 41.0. The summed E-state index contributed by atoms with van der Waals surface area (Å²) in [6, 6.07) is 25.2. The summed E-state index contributed by atoms with van der Waals surface area (Å²) in [5.41, 5.74) is 7.59. The van der Waals surface area contributed by atoms with Gasteiger partial charge < -0.3 is 41.4 Å². The molecule has 8 amide bonds. The van der Waals surface area contributed by atoms with Crippen molar-refractivity contribution in [3.8, 4) is 11.1 Å². The molecule has 0 saturated carbocycles. The molecule has 0 heterocycles. The number of nitrogens with one attached hydrogen (secondary N) is 5. The first-order chi connectivity index (χ1) is 40.0. The highest BCUT2D eigenvalue weighted by Crippen LogP contribution is 2.44. The van der Waals surface area contributed by atoms with Crippen LogP contribution in [0.5, 0.6) is 0 Å². The average molecular weight is 1210 g/mol. The van der Waals surface area contributed by atoms with Crippen LogP contribution in [0.25, 0.3) is 11.1 Å². The third-order valence-corrected chi connectivity index (χ3v) is 16.7. The number of anilines is 1. The van der Waals surface area contributed by atoms with E-state index in [4.69, 9.17) is 15.2 Å². The topological polar surface area (TPSA) is 282 Å². The fraction of sp³-hybridized carbons (Fsp3) is 0.477. The number of nitrogens with two attached hydrogens (primary N) is 1. The van der Waals surface area contributed by atoms with Gasteiger partial charge in [-0.2, -0.15) is 0 Å². The van der Waals surface area contributed by atoms with Crippen LogP contribution in [0.3, 0.4) is 0 Å². The lowest BCUT2D eigenvalue weighted by Gasteiger charge is -2.42. The van der Waals surface area contributed by atoms with Gasteiger partial charge in [-0.05, 0) is 110 Å². The second kappa shape index (κ2) is 28.9. The minimum atomic E-state index is -4.52. The molecule has 0 bridgehead atoms. The zero-order valence-electron chi connectivity index (χ0n) is 52.3. The van der Waals surface area contributed by atoms with Gasteiger partial charge in [-0.15, -0.1) is 0 Å². The molecule has 1 aliphatic rings. The van der Waals surface area contributed by atoms with E-state index in [-0.39, 0.29) is 60.4 Å². The summed E-state index contributed by atoms with van der Waals surface area (Å²) in [5.74, 6) is -5.01. The summed E-state index contributed by atoms with van der Waals surface area (Å²) >= 11 is 0. The van der Waals surface area contributed by atoms with Gasteiger partial charge in [0.05, 0.1) is 17.0 Å². The Morgan fingerprint density at radius 1 is 0.709 bits per heavy atom. The lowest BCUT2D eigenvalue weighted by atomic mass is 9.76. The molecule has 0 saturated heterocycles. The number of urea groups is 1. The smallest absolute Gasteiger partial charge is 0.410 e. The van der Waals surface area contributed by atoms with E-state index in [2.05, 4.69) is 26.0 Å². The van der Waals surface area contributed by atoms with Gasteiger partial charge in [0.15, 0.2) is 5.78 Å². The SMILES string of the molecule is C/C(=C\[C@H](C(C)C)N(C)C(=O)[C@@H](NC(=O)[C@@H](N(C)C(=O)OC(C)(C)C)C(C)(C)c1ccccc1)C(C)(C)C)C(=O)NS(=O)(=O)c1ccc(NC(=O)[C@H](CCCNC(N)=O)CC(=O)[C@@H](NC(=O)OCC2c3ccccc3-c3ccccc32)C(C)C)cc1. The first-order valence-electron chi connectivity index (χ1n) is 29.0. The molecule has 1 aliphatic carbocycles. The number of nitrogens with zero attached hydrogens (tertiary/aromatic N) is 2. The predicted molar refractivity (Wildman–Crippen MR) is 331 cm³/mol. The van der Waals surface area contributed by atoms with Crippen molar-refractivity contribution < 1.29 is 56.2 Å². The lowest BCUT2D eigenvalue weighted by Crippen LogP contribution is -2.63. The van der Waals surface area contributed by atoms with E-state index in [1.165, 1.54) is 61.2 Å². The zero-order valence-corrected chi connectivity index (χ0v) is 53.1. The number of amides is 8. The third kappa shape index (κ3) is 18.0. The van der Waals surface area contributed by atoms with Gasteiger partial charge in [0.1, 0.15) is 24.3 Å². The molecule has 7 N–H and O–H groups in total. The Kier molecular flexibility index (Phi) is 23.1. The maximum atomic E-state index is 14.7. The third-order valence-electron chi connectivity index (χ3n) is 15.3. The Morgan fingerprint density at radius 2 is 1.27 bits per heavy atom. The number of fused-ring (bicyclic) bond motifs is 3. The van der Waals surface area contributed by atoms with Gasteiger partial charge in [0.2, 0.25) is 17.7 Å². The molecule has 0 radical (unpaired) electrons. The fourth-order valence-corrected chi connectivity index (χ4v) is 11.6. The number of ketones is 1.